The lowest BCUT2D eigenvalue weighted by atomic mass is 9.93. The van der Waals surface area contributed by atoms with Crippen molar-refractivity contribution in [3.8, 4) is 5.75 Å². The molecule has 1 aliphatic heterocycles. The van der Waals surface area contributed by atoms with E-state index in [0.717, 1.165) is 9.87 Å². The van der Waals surface area contributed by atoms with Crippen molar-refractivity contribution < 1.29 is 32.5 Å². The second-order valence-electron chi connectivity index (χ2n) is 8.35. The number of sulfonamides is 1. The standard InChI is InChI=1S/C25H31ClN2O7S/c1-27(2)25(30)23-16-19(18-4-6-20(26)7-5-18)17-24(35-23)34-15-13-28(12-14-29)36(31,32)22-10-8-21(33-3)9-11-22/h4-11,16,19,24,29H,12-15,17H2,1-3H3/t19-,24+/m0/s1. The van der Waals surface area contributed by atoms with Gasteiger partial charge in [-0.1, -0.05) is 23.7 Å². The minimum absolute atomic E-state index is 0.00315. The van der Waals surface area contributed by atoms with Crippen LogP contribution in [0.25, 0.3) is 0 Å². The Morgan fingerprint density at radius 1 is 1.11 bits per heavy atom. The van der Waals surface area contributed by atoms with Crippen LogP contribution in [-0.2, 0) is 24.3 Å². The van der Waals surface area contributed by atoms with Gasteiger partial charge in [-0.2, -0.15) is 4.31 Å². The Morgan fingerprint density at radius 2 is 1.78 bits per heavy atom. The molecule has 0 aromatic heterocycles. The van der Waals surface area contributed by atoms with Gasteiger partial charge in [-0.05, 0) is 48.0 Å². The highest BCUT2D eigenvalue weighted by atomic mass is 35.5. The number of aliphatic hydroxyl groups excluding tert-OH is 1. The van der Waals surface area contributed by atoms with Gasteiger partial charge < -0.3 is 24.2 Å². The lowest BCUT2D eigenvalue weighted by Crippen LogP contribution is -2.38. The van der Waals surface area contributed by atoms with E-state index in [9.17, 15) is 18.3 Å². The maximum absolute atomic E-state index is 13.1. The van der Waals surface area contributed by atoms with E-state index < -0.39 is 16.3 Å². The molecule has 36 heavy (non-hydrogen) atoms. The van der Waals surface area contributed by atoms with E-state index in [1.807, 2.05) is 12.1 Å². The number of amides is 1. The van der Waals surface area contributed by atoms with E-state index in [2.05, 4.69) is 0 Å². The number of carbonyl (C=O) groups excluding carboxylic acids is 1. The van der Waals surface area contributed by atoms with Crippen molar-refractivity contribution in [2.75, 3.05) is 47.5 Å². The van der Waals surface area contributed by atoms with Gasteiger partial charge in [0, 0.05) is 44.5 Å². The van der Waals surface area contributed by atoms with Crippen molar-refractivity contribution in [2.24, 2.45) is 0 Å². The minimum atomic E-state index is -3.87. The van der Waals surface area contributed by atoms with Gasteiger partial charge in [-0.25, -0.2) is 8.42 Å². The van der Waals surface area contributed by atoms with Crippen LogP contribution in [0.5, 0.6) is 5.75 Å². The summed E-state index contributed by atoms with van der Waals surface area (Å²) in [6.07, 6.45) is 1.42. The first-order valence-corrected chi connectivity index (χ1v) is 13.2. The molecule has 2 aromatic rings. The van der Waals surface area contributed by atoms with E-state index in [-0.39, 0.29) is 48.8 Å². The number of halogens is 1. The zero-order chi connectivity index (χ0) is 26.3. The highest BCUT2D eigenvalue weighted by Crippen LogP contribution is 2.32. The second-order valence-corrected chi connectivity index (χ2v) is 10.7. The molecule has 2 aromatic carbocycles. The van der Waals surface area contributed by atoms with Gasteiger partial charge in [0.25, 0.3) is 5.91 Å². The number of rotatable bonds is 11. The van der Waals surface area contributed by atoms with Crippen molar-refractivity contribution in [1.82, 2.24) is 9.21 Å². The van der Waals surface area contributed by atoms with Crippen molar-refractivity contribution in [1.29, 1.82) is 0 Å². The van der Waals surface area contributed by atoms with Gasteiger partial charge >= 0.3 is 0 Å². The molecule has 0 saturated carbocycles. The van der Waals surface area contributed by atoms with Gasteiger partial charge in [0.15, 0.2) is 5.76 Å². The SMILES string of the molecule is COc1ccc(S(=O)(=O)N(CCO)CCO[C@H]2C[C@@H](c3ccc(Cl)cc3)C=C(C(=O)N(C)C)O2)cc1. The van der Waals surface area contributed by atoms with E-state index in [0.29, 0.717) is 17.2 Å². The zero-order valence-corrected chi connectivity index (χ0v) is 22.0. The van der Waals surface area contributed by atoms with Crippen LogP contribution < -0.4 is 4.74 Å². The zero-order valence-electron chi connectivity index (χ0n) is 20.5. The fourth-order valence-corrected chi connectivity index (χ4v) is 5.26. The number of hydrogen-bond donors (Lipinski definition) is 1. The largest absolute Gasteiger partial charge is 0.497 e. The molecule has 0 radical (unpaired) electrons. The Labute approximate surface area is 216 Å². The Balaban J connectivity index is 1.71. The summed E-state index contributed by atoms with van der Waals surface area (Å²) in [6.45, 7) is -0.461. The molecule has 0 saturated heterocycles. The molecule has 9 nitrogen and oxygen atoms in total. The van der Waals surface area contributed by atoms with Crippen LogP contribution in [-0.4, -0.2) is 82.4 Å². The van der Waals surface area contributed by atoms with Crippen LogP contribution in [0.4, 0.5) is 0 Å². The first-order valence-electron chi connectivity index (χ1n) is 11.4. The number of likely N-dealkylation sites (N-methyl/N-ethyl adjacent to an activating group) is 1. The number of aliphatic hydroxyl groups is 1. The van der Waals surface area contributed by atoms with Crippen LogP contribution in [0.1, 0.15) is 17.9 Å². The molecule has 0 bridgehead atoms. The minimum Gasteiger partial charge on any atom is -0.497 e. The van der Waals surface area contributed by atoms with Crippen molar-refractivity contribution in [2.45, 2.75) is 23.5 Å². The fourth-order valence-electron chi connectivity index (χ4n) is 3.72. The summed E-state index contributed by atoms with van der Waals surface area (Å²) in [5.74, 6) is 0.240. The predicted molar refractivity (Wildman–Crippen MR) is 135 cm³/mol. The first kappa shape index (κ1) is 27.9. The maximum atomic E-state index is 13.1. The van der Waals surface area contributed by atoms with Crippen molar-refractivity contribution in [3.63, 3.8) is 0 Å². The maximum Gasteiger partial charge on any atom is 0.288 e. The first-order chi connectivity index (χ1) is 17.1. The van der Waals surface area contributed by atoms with Crippen LogP contribution >= 0.6 is 11.6 Å². The summed E-state index contributed by atoms with van der Waals surface area (Å²) in [5.41, 5.74) is 0.948. The number of nitrogens with zero attached hydrogens (tertiary/aromatic N) is 2. The Morgan fingerprint density at radius 3 is 2.36 bits per heavy atom. The molecule has 0 aliphatic carbocycles. The average Bonchev–Trinajstić information content (AvgIpc) is 2.87. The van der Waals surface area contributed by atoms with Crippen molar-refractivity contribution in [3.05, 3.63) is 71.0 Å². The number of methoxy groups -OCH3 is 1. The van der Waals surface area contributed by atoms with Gasteiger partial charge in [-0.15, -0.1) is 0 Å². The topological polar surface area (TPSA) is 106 Å². The Hall–Kier alpha value is -2.63. The highest BCUT2D eigenvalue weighted by molar-refractivity contribution is 7.89. The molecule has 1 aliphatic rings. The number of carbonyl (C=O) groups is 1. The summed E-state index contributed by atoms with van der Waals surface area (Å²) in [7, 11) is 0.884. The number of hydrogen-bond acceptors (Lipinski definition) is 7. The van der Waals surface area contributed by atoms with Crippen LogP contribution in [0, 0.1) is 0 Å². The molecule has 1 amide bonds. The van der Waals surface area contributed by atoms with E-state index in [1.165, 1.54) is 24.1 Å². The third kappa shape index (κ3) is 6.98. The summed E-state index contributed by atoms with van der Waals surface area (Å²) in [4.78, 5) is 14.1. The molecule has 196 valence electrons. The molecule has 2 atom stereocenters. The Kier molecular flexibility index (Phi) is 9.75. The lowest BCUT2D eigenvalue weighted by molar-refractivity contribution is -0.151. The summed E-state index contributed by atoms with van der Waals surface area (Å²) in [5, 5.41) is 10.1. The second kappa shape index (κ2) is 12.6. The van der Waals surface area contributed by atoms with Crippen LogP contribution in [0.2, 0.25) is 5.02 Å². The van der Waals surface area contributed by atoms with E-state index >= 15 is 0 Å². The van der Waals surface area contributed by atoms with Gasteiger partial charge in [-0.3, -0.25) is 4.79 Å². The number of benzene rings is 2. The van der Waals surface area contributed by atoms with Crippen LogP contribution in [0.15, 0.2) is 65.3 Å². The summed E-state index contributed by atoms with van der Waals surface area (Å²) in [6, 6.07) is 13.3. The third-order valence-electron chi connectivity index (χ3n) is 5.66. The Bertz CT molecular complexity index is 1150. The molecular weight excluding hydrogens is 508 g/mol. The normalized spacial score (nSPS) is 17.9. The molecule has 0 unspecified atom stereocenters. The fraction of sp³-hybridized carbons (Fsp3) is 0.400. The van der Waals surface area contributed by atoms with Crippen molar-refractivity contribution >= 4 is 27.5 Å². The molecule has 0 fully saturated rings. The van der Waals surface area contributed by atoms with Gasteiger partial charge in [0.2, 0.25) is 16.3 Å². The molecule has 0 spiro atoms. The van der Waals surface area contributed by atoms with Crippen LogP contribution in [0.3, 0.4) is 0 Å². The monoisotopic (exact) mass is 538 g/mol. The molecule has 1 N–H and O–H groups in total. The van der Waals surface area contributed by atoms with Gasteiger partial charge in [0.1, 0.15) is 5.75 Å². The number of ether oxygens (including phenoxy) is 3. The number of allylic oxidation sites excluding steroid dienone is 1. The molecule has 3 rings (SSSR count). The molecule has 11 heteroatoms. The lowest BCUT2D eigenvalue weighted by Gasteiger charge is -2.31. The van der Waals surface area contributed by atoms with E-state index in [1.54, 1.807) is 44.4 Å². The molecular formula is C25H31ClN2O7S. The van der Waals surface area contributed by atoms with E-state index in [4.69, 9.17) is 25.8 Å². The summed E-state index contributed by atoms with van der Waals surface area (Å²) >= 11 is 6.02. The highest BCUT2D eigenvalue weighted by Gasteiger charge is 2.30. The third-order valence-corrected chi connectivity index (χ3v) is 7.83. The summed E-state index contributed by atoms with van der Waals surface area (Å²) < 4.78 is 44.1. The predicted octanol–water partition coefficient (Wildman–Crippen LogP) is 2.85. The average molecular weight is 539 g/mol. The smallest absolute Gasteiger partial charge is 0.288 e. The quantitative estimate of drug-likeness (QED) is 0.469. The molecule has 1 heterocycles. The van der Waals surface area contributed by atoms with Gasteiger partial charge in [0.05, 0.1) is 25.2 Å².